The van der Waals surface area contributed by atoms with Crippen LogP contribution in [0.5, 0.6) is 0 Å². The van der Waals surface area contributed by atoms with E-state index in [0.29, 0.717) is 6.04 Å². The van der Waals surface area contributed by atoms with E-state index >= 15 is 0 Å². The number of ether oxygens (including phenoxy) is 1. The fourth-order valence-electron chi connectivity index (χ4n) is 2.59. The second kappa shape index (κ2) is 5.05. The van der Waals surface area contributed by atoms with E-state index < -0.39 is 0 Å². The average Bonchev–Trinajstić information content (AvgIpc) is 2.47. The lowest BCUT2D eigenvalue weighted by Gasteiger charge is -2.32. The molecular formula is C15H19N3O. The smallest absolute Gasteiger partial charge is 0.129 e. The normalized spacial score (nSPS) is 16.7. The minimum absolute atomic E-state index is 0.521. The van der Waals surface area contributed by atoms with Crippen molar-refractivity contribution in [1.82, 2.24) is 4.98 Å². The standard InChI is InChI=1S/C15H19N3O/c1-18(13-6-8-19-9-7-13)15-5-2-11-10-12(16)3-4-14(11)17-15/h2-5,10,13H,6-9,16H2,1H3. The monoisotopic (exact) mass is 257 g/mol. The summed E-state index contributed by atoms with van der Waals surface area (Å²) in [5.74, 6) is 1.02. The summed E-state index contributed by atoms with van der Waals surface area (Å²) >= 11 is 0. The molecule has 1 aliphatic heterocycles. The molecule has 1 saturated heterocycles. The van der Waals surface area contributed by atoms with Crippen LogP contribution < -0.4 is 10.6 Å². The number of pyridine rings is 1. The molecule has 0 amide bonds. The van der Waals surface area contributed by atoms with Gasteiger partial charge in [-0.15, -0.1) is 0 Å². The van der Waals surface area contributed by atoms with Crippen LogP contribution in [0.2, 0.25) is 0 Å². The molecule has 1 fully saturated rings. The van der Waals surface area contributed by atoms with E-state index in [1.165, 1.54) is 0 Å². The predicted molar refractivity (Wildman–Crippen MR) is 78.4 cm³/mol. The van der Waals surface area contributed by atoms with E-state index in [0.717, 1.165) is 48.5 Å². The van der Waals surface area contributed by atoms with Crippen molar-refractivity contribution in [2.75, 3.05) is 30.9 Å². The molecule has 19 heavy (non-hydrogen) atoms. The second-order valence-corrected chi connectivity index (χ2v) is 5.08. The number of hydrogen-bond donors (Lipinski definition) is 1. The largest absolute Gasteiger partial charge is 0.399 e. The minimum Gasteiger partial charge on any atom is -0.399 e. The van der Waals surface area contributed by atoms with Gasteiger partial charge >= 0.3 is 0 Å². The average molecular weight is 257 g/mol. The first-order chi connectivity index (χ1) is 9.24. The number of nitrogens with zero attached hydrogens (tertiary/aromatic N) is 2. The fourth-order valence-corrected chi connectivity index (χ4v) is 2.59. The van der Waals surface area contributed by atoms with Crippen molar-refractivity contribution >= 4 is 22.4 Å². The molecule has 0 bridgehead atoms. The Morgan fingerprint density at radius 3 is 2.79 bits per heavy atom. The van der Waals surface area contributed by atoms with Crippen LogP contribution in [-0.4, -0.2) is 31.3 Å². The fraction of sp³-hybridized carbons (Fsp3) is 0.400. The van der Waals surface area contributed by atoms with Crippen molar-refractivity contribution in [3.8, 4) is 0 Å². The summed E-state index contributed by atoms with van der Waals surface area (Å²) in [5, 5.41) is 1.09. The van der Waals surface area contributed by atoms with Gasteiger partial charge in [0.05, 0.1) is 5.52 Å². The molecule has 4 heteroatoms. The maximum Gasteiger partial charge on any atom is 0.129 e. The van der Waals surface area contributed by atoms with E-state index in [1.807, 2.05) is 18.2 Å². The van der Waals surface area contributed by atoms with Crippen LogP contribution in [-0.2, 0) is 4.74 Å². The lowest BCUT2D eigenvalue weighted by molar-refractivity contribution is 0.0854. The zero-order chi connectivity index (χ0) is 13.2. The predicted octanol–water partition coefficient (Wildman–Crippen LogP) is 2.43. The first kappa shape index (κ1) is 12.2. The van der Waals surface area contributed by atoms with Gasteiger partial charge in [0, 0.05) is 37.4 Å². The number of hydrogen-bond acceptors (Lipinski definition) is 4. The topological polar surface area (TPSA) is 51.4 Å². The Balaban J connectivity index is 1.89. The van der Waals surface area contributed by atoms with E-state index in [9.17, 15) is 0 Å². The lowest BCUT2D eigenvalue weighted by atomic mass is 10.1. The summed E-state index contributed by atoms with van der Waals surface area (Å²) in [6, 6.07) is 10.5. The van der Waals surface area contributed by atoms with Crippen LogP contribution in [0.4, 0.5) is 11.5 Å². The highest BCUT2D eigenvalue weighted by molar-refractivity contribution is 5.83. The molecule has 4 nitrogen and oxygen atoms in total. The van der Waals surface area contributed by atoms with Crippen molar-refractivity contribution in [1.29, 1.82) is 0 Å². The SMILES string of the molecule is CN(c1ccc2cc(N)ccc2n1)C1CCOCC1. The number of rotatable bonds is 2. The zero-order valence-electron chi connectivity index (χ0n) is 11.2. The van der Waals surface area contributed by atoms with E-state index in [4.69, 9.17) is 15.5 Å². The third kappa shape index (κ3) is 2.49. The van der Waals surface area contributed by atoms with Gasteiger partial charge in [0.2, 0.25) is 0 Å². The number of aromatic nitrogens is 1. The Morgan fingerprint density at radius 2 is 2.00 bits per heavy atom. The van der Waals surface area contributed by atoms with Gasteiger partial charge < -0.3 is 15.4 Å². The summed E-state index contributed by atoms with van der Waals surface area (Å²) in [7, 11) is 2.11. The zero-order valence-corrected chi connectivity index (χ0v) is 11.2. The van der Waals surface area contributed by atoms with Gasteiger partial charge in [-0.2, -0.15) is 0 Å². The maximum atomic E-state index is 5.79. The van der Waals surface area contributed by atoms with Crippen molar-refractivity contribution < 1.29 is 4.74 Å². The summed E-state index contributed by atoms with van der Waals surface area (Å²) in [6.07, 6.45) is 2.13. The summed E-state index contributed by atoms with van der Waals surface area (Å²) < 4.78 is 5.41. The van der Waals surface area contributed by atoms with Gasteiger partial charge in [-0.25, -0.2) is 4.98 Å². The van der Waals surface area contributed by atoms with E-state index in [2.05, 4.69) is 24.1 Å². The van der Waals surface area contributed by atoms with Gasteiger partial charge in [0.25, 0.3) is 0 Å². The quantitative estimate of drug-likeness (QED) is 0.839. The lowest BCUT2D eigenvalue weighted by Crippen LogP contribution is -2.37. The second-order valence-electron chi connectivity index (χ2n) is 5.08. The number of fused-ring (bicyclic) bond motifs is 1. The van der Waals surface area contributed by atoms with Gasteiger partial charge in [-0.05, 0) is 43.2 Å². The van der Waals surface area contributed by atoms with Crippen molar-refractivity contribution in [3.05, 3.63) is 30.3 Å². The molecule has 100 valence electrons. The van der Waals surface area contributed by atoms with Crippen molar-refractivity contribution in [3.63, 3.8) is 0 Å². The highest BCUT2D eigenvalue weighted by atomic mass is 16.5. The molecule has 2 N–H and O–H groups in total. The molecule has 0 saturated carbocycles. The molecule has 2 aromatic rings. The Morgan fingerprint density at radius 1 is 1.21 bits per heavy atom. The molecule has 1 aromatic heterocycles. The van der Waals surface area contributed by atoms with Crippen LogP contribution in [0.3, 0.4) is 0 Å². The third-order valence-corrected chi connectivity index (χ3v) is 3.80. The van der Waals surface area contributed by atoms with Gasteiger partial charge in [0.15, 0.2) is 0 Å². The summed E-state index contributed by atoms with van der Waals surface area (Å²) in [6.45, 7) is 1.69. The van der Waals surface area contributed by atoms with Crippen molar-refractivity contribution in [2.45, 2.75) is 18.9 Å². The Hall–Kier alpha value is -1.81. The summed E-state index contributed by atoms with van der Waals surface area (Å²) in [5.41, 5.74) is 7.56. The molecule has 0 unspecified atom stereocenters. The highest BCUT2D eigenvalue weighted by Gasteiger charge is 2.19. The molecule has 0 atom stereocenters. The van der Waals surface area contributed by atoms with E-state index in [1.54, 1.807) is 0 Å². The maximum absolute atomic E-state index is 5.79. The van der Waals surface area contributed by atoms with Crippen LogP contribution in [0, 0.1) is 0 Å². The van der Waals surface area contributed by atoms with Crippen molar-refractivity contribution in [2.24, 2.45) is 0 Å². The highest BCUT2D eigenvalue weighted by Crippen LogP contribution is 2.23. The minimum atomic E-state index is 0.521. The number of nitrogen functional groups attached to an aromatic ring is 1. The van der Waals surface area contributed by atoms with Crippen LogP contribution in [0.1, 0.15) is 12.8 Å². The van der Waals surface area contributed by atoms with Gasteiger partial charge in [-0.3, -0.25) is 0 Å². The van der Waals surface area contributed by atoms with Gasteiger partial charge in [-0.1, -0.05) is 0 Å². The Labute approximate surface area is 113 Å². The number of benzene rings is 1. The summed E-state index contributed by atoms with van der Waals surface area (Å²) in [4.78, 5) is 6.98. The van der Waals surface area contributed by atoms with Gasteiger partial charge in [0.1, 0.15) is 5.82 Å². The molecule has 0 radical (unpaired) electrons. The Bertz CT molecular complexity index is 579. The first-order valence-corrected chi connectivity index (χ1v) is 6.71. The molecular weight excluding hydrogens is 238 g/mol. The number of anilines is 2. The van der Waals surface area contributed by atoms with E-state index in [-0.39, 0.29) is 0 Å². The third-order valence-electron chi connectivity index (χ3n) is 3.80. The molecule has 2 heterocycles. The molecule has 0 spiro atoms. The molecule has 1 aromatic carbocycles. The first-order valence-electron chi connectivity index (χ1n) is 6.71. The van der Waals surface area contributed by atoms with Crippen LogP contribution >= 0.6 is 0 Å². The Kier molecular flexibility index (Phi) is 3.25. The number of nitrogens with two attached hydrogens (primary N) is 1. The molecule has 3 rings (SSSR count). The molecule has 1 aliphatic rings. The van der Waals surface area contributed by atoms with Crippen LogP contribution in [0.25, 0.3) is 10.9 Å². The molecule has 0 aliphatic carbocycles. The van der Waals surface area contributed by atoms with Crippen LogP contribution in [0.15, 0.2) is 30.3 Å².